The quantitative estimate of drug-likeness (QED) is 0.372. The van der Waals surface area contributed by atoms with Gasteiger partial charge in [0.15, 0.2) is 0 Å². The Bertz CT molecular complexity index is 523. The van der Waals surface area contributed by atoms with Gasteiger partial charge in [-0.15, -0.1) is 0 Å². The normalized spacial score (nSPS) is 8.93. The Morgan fingerprint density at radius 3 is 0.536 bits per heavy atom. The molecule has 0 N–H and O–H groups in total. The number of benzene rings is 2. The molecule has 0 aromatic heterocycles. The van der Waals surface area contributed by atoms with Crippen LogP contribution in [0.4, 0.5) is 0 Å². The van der Waals surface area contributed by atoms with Gasteiger partial charge < -0.3 is 0 Å². The molecule has 0 aliphatic carbocycles. The summed E-state index contributed by atoms with van der Waals surface area (Å²) in [5.41, 5.74) is 14.9. The van der Waals surface area contributed by atoms with Crippen LogP contribution < -0.4 is 10.9 Å². The van der Waals surface area contributed by atoms with Gasteiger partial charge in [-0.25, -0.2) is 0 Å². The largest absolute Gasteiger partial charge is 0.114 e. The second-order valence-electron chi connectivity index (χ2n) is 7.08. The zero-order chi connectivity index (χ0) is 18.9. The maximum atomic E-state index is 5.95. The maximum Gasteiger partial charge on any atom is 0.114 e. The van der Waals surface area contributed by atoms with E-state index in [-0.39, 0.29) is 131 Å². The third kappa shape index (κ3) is 8.73. The molecule has 2 aromatic rings. The van der Waals surface area contributed by atoms with Crippen molar-refractivity contribution >= 4 is 26.6 Å². The van der Waals surface area contributed by atoms with Gasteiger partial charge in [-0.3, -0.25) is 0 Å². The van der Waals surface area contributed by atoms with Crippen molar-refractivity contribution in [1.29, 1.82) is 0 Å². The monoisotopic (exact) mass is 672 g/mol. The van der Waals surface area contributed by atoms with Crippen LogP contribution in [0.1, 0.15) is 55.6 Å². The van der Waals surface area contributed by atoms with Gasteiger partial charge in [-0.1, -0.05) is 33.2 Å². The Balaban J connectivity index is -0.000000180. The van der Waals surface area contributed by atoms with E-state index in [9.17, 15) is 0 Å². The van der Waals surface area contributed by atoms with Crippen LogP contribution in [0.15, 0.2) is 0 Å². The van der Waals surface area contributed by atoms with Gasteiger partial charge in [-0.05, 0) is 103 Å². The molecular formula is C22H30B2Y4. The van der Waals surface area contributed by atoms with Crippen molar-refractivity contribution in [3.05, 3.63) is 55.6 Å². The Hall–Kier alpha value is 2.99. The Labute approximate surface area is 277 Å². The summed E-state index contributed by atoms with van der Waals surface area (Å²) in [6.45, 7) is 21.2. The molecule has 136 valence electrons. The second-order valence-corrected chi connectivity index (χ2v) is 7.08. The summed E-state index contributed by atoms with van der Waals surface area (Å²) in [5.74, 6) is 0. The minimum absolute atomic E-state index is 0. The van der Waals surface area contributed by atoms with Crippen molar-refractivity contribution in [2.75, 3.05) is 0 Å². The molecule has 0 fully saturated rings. The van der Waals surface area contributed by atoms with Gasteiger partial charge in [0.05, 0.1) is 0 Å². The average molecular weight is 672 g/mol. The predicted octanol–water partition coefficient (Wildman–Crippen LogP) is 4.04. The Kier molecular flexibility index (Phi) is 22.6. The first-order valence-electron chi connectivity index (χ1n) is 8.58. The molecule has 0 nitrogen and oxygen atoms in total. The van der Waals surface area contributed by atoms with E-state index in [0.29, 0.717) is 0 Å². The van der Waals surface area contributed by atoms with E-state index in [1.165, 1.54) is 55.6 Å². The van der Waals surface area contributed by atoms with Gasteiger partial charge in [0.2, 0.25) is 0 Å². The van der Waals surface area contributed by atoms with Crippen molar-refractivity contribution < 1.29 is 131 Å². The van der Waals surface area contributed by atoms with Crippen LogP contribution in [0.2, 0.25) is 0 Å². The summed E-state index contributed by atoms with van der Waals surface area (Å²) in [4.78, 5) is 0. The molecule has 2 aromatic carbocycles. The fraction of sp³-hybridized carbons (Fsp3) is 0.455. The standard InChI is InChI=1S/2C11H15B.4Y/c2*1-6-7(2)9(4)11(12)10(5)8(6)3;;;;/h2*1-5H3;;;;. The number of hydrogen-bond donors (Lipinski definition) is 0. The molecule has 0 unspecified atom stereocenters. The van der Waals surface area contributed by atoms with E-state index in [2.05, 4.69) is 69.2 Å². The molecule has 0 bridgehead atoms. The minimum atomic E-state index is 0. The summed E-state index contributed by atoms with van der Waals surface area (Å²) >= 11 is 0. The summed E-state index contributed by atoms with van der Waals surface area (Å²) < 4.78 is 0. The van der Waals surface area contributed by atoms with Gasteiger partial charge in [0.1, 0.15) is 15.7 Å². The Morgan fingerprint density at radius 1 is 0.286 bits per heavy atom. The first-order valence-corrected chi connectivity index (χ1v) is 8.58. The van der Waals surface area contributed by atoms with E-state index < -0.39 is 0 Å². The van der Waals surface area contributed by atoms with Crippen LogP contribution in [0.5, 0.6) is 0 Å². The second kappa shape index (κ2) is 16.6. The van der Waals surface area contributed by atoms with Crippen LogP contribution in [-0.4, -0.2) is 15.7 Å². The van der Waals surface area contributed by atoms with Crippen LogP contribution in [0.25, 0.3) is 0 Å². The summed E-state index contributed by atoms with van der Waals surface area (Å²) in [5, 5.41) is 0. The maximum absolute atomic E-state index is 5.95. The zero-order valence-electron chi connectivity index (χ0n) is 19.5. The van der Waals surface area contributed by atoms with Crippen LogP contribution in [-0.2, 0) is 131 Å². The van der Waals surface area contributed by atoms with E-state index in [4.69, 9.17) is 15.7 Å². The van der Waals surface area contributed by atoms with Gasteiger partial charge >= 0.3 is 0 Å². The Morgan fingerprint density at radius 2 is 0.393 bits per heavy atom. The molecule has 0 saturated heterocycles. The van der Waals surface area contributed by atoms with Crippen LogP contribution >= 0.6 is 0 Å². The van der Waals surface area contributed by atoms with Crippen LogP contribution in [0, 0.1) is 69.2 Å². The molecule has 6 heteroatoms. The molecule has 0 aliphatic heterocycles. The third-order valence-electron chi connectivity index (χ3n) is 6.12. The smallest absolute Gasteiger partial charge is 0.0904 e. The average Bonchev–Trinajstić information content (AvgIpc) is 2.58. The van der Waals surface area contributed by atoms with E-state index in [1.807, 2.05) is 0 Å². The van der Waals surface area contributed by atoms with Crippen molar-refractivity contribution in [2.45, 2.75) is 69.2 Å². The van der Waals surface area contributed by atoms with Crippen molar-refractivity contribution in [2.24, 2.45) is 0 Å². The van der Waals surface area contributed by atoms with E-state index >= 15 is 0 Å². The van der Waals surface area contributed by atoms with Crippen molar-refractivity contribution in [3.63, 3.8) is 0 Å². The van der Waals surface area contributed by atoms with E-state index in [1.54, 1.807) is 0 Å². The number of hydrogen-bond acceptors (Lipinski definition) is 0. The topological polar surface area (TPSA) is 0 Å². The van der Waals surface area contributed by atoms with Crippen molar-refractivity contribution in [3.8, 4) is 0 Å². The van der Waals surface area contributed by atoms with E-state index in [0.717, 1.165) is 10.9 Å². The summed E-state index contributed by atoms with van der Waals surface area (Å²) in [6.07, 6.45) is 0. The first-order chi connectivity index (χ1) is 10.9. The third-order valence-corrected chi connectivity index (χ3v) is 6.12. The fourth-order valence-electron chi connectivity index (χ4n) is 3.06. The molecule has 2 rings (SSSR count). The minimum Gasteiger partial charge on any atom is -0.0904 e. The van der Waals surface area contributed by atoms with Gasteiger partial charge in [0.25, 0.3) is 0 Å². The summed E-state index contributed by atoms with van der Waals surface area (Å²) in [6, 6.07) is 0. The molecule has 0 atom stereocenters. The zero-order valence-corrected chi connectivity index (χ0v) is 30.8. The molecule has 0 spiro atoms. The fourth-order valence-corrected chi connectivity index (χ4v) is 3.06. The predicted molar refractivity (Wildman–Crippen MR) is 111 cm³/mol. The number of rotatable bonds is 0. The molecule has 0 heterocycles. The molecule has 8 radical (unpaired) electrons. The molecule has 0 saturated carbocycles. The first kappa shape index (κ1) is 38.3. The molecule has 0 aliphatic rings. The van der Waals surface area contributed by atoms with Crippen molar-refractivity contribution in [1.82, 2.24) is 0 Å². The van der Waals surface area contributed by atoms with Gasteiger partial charge in [-0.2, -0.15) is 0 Å². The van der Waals surface area contributed by atoms with Gasteiger partial charge in [0, 0.05) is 131 Å². The SMILES string of the molecule is [B]c1c(C)c(C)c(C)c(C)c1C.[B]c1c(C)c(C)c(C)c(C)c1C.[Y].[Y].[Y].[Y]. The van der Waals surface area contributed by atoms with Crippen LogP contribution in [0.3, 0.4) is 0 Å². The summed E-state index contributed by atoms with van der Waals surface area (Å²) in [7, 11) is 11.9. The molecule has 28 heavy (non-hydrogen) atoms. The molecule has 0 amide bonds. The molecular weight excluding hydrogens is 641 g/mol.